The van der Waals surface area contributed by atoms with Gasteiger partial charge in [-0.2, -0.15) is 0 Å². The van der Waals surface area contributed by atoms with Crippen LogP contribution in [0.1, 0.15) is 65.5 Å². The molecule has 0 saturated heterocycles. The van der Waals surface area contributed by atoms with Gasteiger partial charge in [0.25, 0.3) is 0 Å². The minimum atomic E-state index is -1.08. The number of carbonyl (C=O) groups excluding carboxylic acids is 1. The molecule has 1 aromatic heterocycles. The number of unbranched alkanes of at least 4 members (excludes halogenated alkanes) is 5. The van der Waals surface area contributed by atoms with Crippen LogP contribution in [0.4, 0.5) is 0 Å². The van der Waals surface area contributed by atoms with Gasteiger partial charge in [-0.15, -0.1) is 11.3 Å². The normalized spacial score (nSPS) is 10.4. The zero-order valence-corrected chi connectivity index (χ0v) is 12.0. The standard InChI is InChI=1S/C14H20O4S/c1-2-3-4-5-6-7-9-18-14(17)11-8-10-19-12(11)13(15)16/h8,10H,2-7,9H2,1H3,(H,15,16). The van der Waals surface area contributed by atoms with Crippen molar-refractivity contribution in [1.82, 2.24) is 0 Å². The molecule has 0 bridgehead atoms. The first-order valence-electron chi connectivity index (χ1n) is 6.64. The summed E-state index contributed by atoms with van der Waals surface area (Å²) in [6.07, 6.45) is 6.72. The predicted octanol–water partition coefficient (Wildman–Crippen LogP) is 3.96. The molecule has 19 heavy (non-hydrogen) atoms. The first kappa shape index (κ1) is 15.7. The molecule has 0 spiro atoms. The van der Waals surface area contributed by atoms with Gasteiger partial charge >= 0.3 is 11.9 Å². The van der Waals surface area contributed by atoms with E-state index in [0.29, 0.717) is 6.61 Å². The van der Waals surface area contributed by atoms with Gasteiger partial charge in [0.1, 0.15) is 4.88 Å². The molecule has 0 aliphatic carbocycles. The van der Waals surface area contributed by atoms with Crippen LogP contribution in [0.2, 0.25) is 0 Å². The lowest BCUT2D eigenvalue weighted by atomic mass is 10.1. The number of rotatable bonds is 9. The number of aromatic carboxylic acids is 1. The molecular weight excluding hydrogens is 264 g/mol. The van der Waals surface area contributed by atoms with E-state index >= 15 is 0 Å². The maximum Gasteiger partial charge on any atom is 0.346 e. The summed E-state index contributed by atoms with van der Waals surface area (Å²) in [7, 11) is 0. The molecule has 0 saturated carbocycles. The number of carbonyl (C=O) groups is 2. The molecule has 106 valence electrons. The minimum absolute atomic E-state index is 0.0490. The van der Waals surface area contributed by atoms with Crippen molar-refractivity contribution in [2.24, 2.45) is 0 Å². The maximum absolute atomic E-state index is 11.7. The number of carboxylic acid groups (broad SMARTS) is 1. The summed E-state index contributed by atoms with van der Waals surface area (Å²) in [5.41, 5.74) is 0.156. The number of carboxylic acids is 1. The Bertz CT molecular complexity index is 411. The van der Waals surface area contributed by atoms with Crippen molar-refractivity contribution >= 4 is 23.3 Å². The number of ether oxygens (including phenoxy) is 1. The molecule has 0 aliphatic heterocycles. The monoisotopic (exact) mass is 284 g/mol. The molecular formula is C14H20O4S. The van der Waals surface area contributed by atoms with E-state index in [0.717, 1.165) is 30.6 Å². The number of hydrogen-bond acceptors (Lipinski definition) is 4. The number of hydrogen-bond donors (Lipinski definition) is 1. The van der Waals surface area contributed by atoms with E-state index in [2.05, 4.69) is 6.92 Å². The molecule has 1 heterocycles. The van der Waals surface area contributed by atoms with Crippen LogP contribution in [-0.4, -0.2) is 23.7 Å². The van der Waals surface area contributed by atoms with Crippen molar-refractivity contribution in [1.29, 1.82) is 0 Å². The van der Waals surface area contributed by atoms with Crippen molar-refractivity contribution in [3.8, 4) is 0 Å². The van der Waals surface area contributed by atoms with Crippen molar-refractivity contribution in [3.63, 3.8) is 0 Å². The molecule has 1 N–H and O–H groups in total. The third kappa shape index (κ3) is 5.42. The van der Waals surface area contributed by atoms with Crippen molar-refractivity contribution in [2.45, 2.75) is 45.4 Å². The number of esters is 1. The first-order chi connectivity index (χ1) is 9.16. The van der Waals surface area contributed by atoms with Crippen LogP contribution in [0.5, 0.6) is 0 Å². The van der Waals surface area contributed by atoms with Gasteiger partial charge in [0.2, 0.25) is 0 Å². The Labute approximate surface area is 117 Å². The molecule has 0 unspecified atom stereocenters. The van der Waals surface area contributed by atoms with Gasteiger partial charge in [0, 0.05) is 0 Å². The Morgan fingerprint density at radius 3 is 2.58 bits per heavy atom. The van der Waals surface area contributed by atoms with E-state index in [9.17, 15) is 9.59 Å². The van der Waals surface area contributed by atoms with Crippen LogP contribution in [0.3, 0.4) is 0 Å². The maximum atomic E-state index is 11.7. The van der Waals surface area contributed by atoms with E-state index in [-0.39, 0.29) is 10.4 Å². The molecule has 1 aromatic rings. The van der Waals surface area contributed by atoms with Crippen LogP contribution in [-0.2, 0) is 4.74 Å². The molecule has 0 aromatic carbocycles. The minimum Gasteiger partial charge on any atom is -0.477 e. The van der Waals surface area contributed by atoms with Crippen LogP contribution in [0.15, 0.2) is 11.4 Å². The molecule has 0 fully saturated rings. The Morgan fingerprint density at radius 1 is 1.21 bits per heavy atom. The van der Waals surface area contributed by atoms with Gasteiger partial charge in [-0.1, -0.05) is 39.0 Å². The fourth-order valence-electron chi connectivity index (χ4n) is 1.76. The topological polar surface area (TPSA) is 63.6 Å². The summed E-state index contributed by atoms with van der Waals surface area (Å²) in [6.45, 7) is 2.53. The van der Waals surface area contributed by atoms with E-state index in [4.69, 9.17) is 9.84 Å². The quantitative estimate of drug-likeness (QED) is 0.550. The van der Waals surface area contributed by atoms with E-state index in [1.165, 1.54) is 25.3 Å². The second-order valence-electron chi connectivity index (χ2n) is 4.37. The van der Waals surface area contributed by atoms with Crippen LogP contribution >= 0.6 is 11.3 Å². The summed E-state index contributed by atoms with van der Waals surface area (Å²) in [4.78, 5) is 22.6. The summed E-state index contributed by atoms with van der Waals surface area (Å²) in [5.74, 6) is -1.62. The Hall–Kier alpha value is -1.36. The van der Waals surface area contributed by atoms with Gasteiger partial charge in [-0.05, 0) is 17.9 Å². The number of thiophene rings is 1. The molecule has 0 atom stereocenters. The van der Waals surface area contributed by atoms with Gasteiger partial charge in [-0.3, -0.25) is 0 Å². The molecule has 0 aliphatic rings. The van der Waals surface area contributed by atoms with Gasteiger partial charge in [0.05, 0.1) is 12.2 Å². The second-order valence-corrected chi connectivity index (χ2v) is 5.29. The third-order valence-electron chi connectivity index (χ3n) is 2.81. The van der Waals surface area contributed by atoms with E-state index in [1.807, 2.05) is 0 Å². The Balaban J connectivity index is 2.24. The predicted molar refractivity (Wildman–Crippen MR) is 74.9 cm³/mol. The lowest BCUT2D eigenvalue weighted by molar-refractivity contribution is 0.0489. The van der Waals surface area contributed by atoms with Crippen molar-refractivity contribution in [2.75, 3.05) is 6.61 Å². The highest BCUT2D eigenvalue weighted by atomic mass is 32.1. The average Bonchev–Trinajstić information content (AvgIpc) is 2.87. The lowest BCUT2D eigenvalue weighted by Gasteiger charge is -2.04. The molecule has 0 amide bonds. The largest absolute Gasteiger partial charge is 0.477 e. The van der Waals surface area contributed by atoms with E-state index < -0.39 is 11.9 Å². The van der Waals surface area contributed by atoms with Crippen LogP contribution in [0.25, 0.3) is 0 Å². The molecule has 1 rings (SSSR count). The zero-order valence-electron chi connectivity index (χ0n) is 11.2. The molecule has 0 radical (unpaired) electrons. The highest BCUT2D eigenvalue weighted by Crippen LogP contribution is 2.18. The van der Waals surface area contributed by atoms with Gasteiger partial charge in [-0.25, -0.2) is 9.59 Å². The molecule has 4 nitrogen and oxygen atoms in total. The summed E-state index contributed by atoms with van der Waals surface area (Å²) in [6, 6.07) is 1.50. The zero-order chi connectivity index (χ0) is 14.1. The summed E-state index contributed by atoms with van der Waals surface area (Å²) < 4.78 is 5.09. The second kappa shape index (κ2) is 8.69. The highest BCUT2D eigenvalue weighted by molar-refractivity contribution is 7.12. The lowest BCUT2D eigenvalue weighted by Crippen LogP contribution is -2.09. The highest BCUT2D eigenvalue weighted by Gasteiger charge is 2.18. The van der Waals surface area contributed by atoms with E-state index in [1.54, 1.807) is 5.38 Å². The fraction of sp³-hybridized carbons (Fsp3) is 0.571. The average molecular weight is 284 g/mol. The first-order valence-corrected chi connectivity index (χ1v) is 7.52. The summed E-state index contributed by atoms with van der Waals surface area (Å²) >= 11 is 1.04. The van der Waals surface area contributed by atoms with Crippen molar-refractivity contribution < 1.29 is 19.4 Å². The fourth-order valence-corrected chi connectivity index (χ4v) is 2.48. The Morgan fingerprint density at radius 2 is 1.89 bits per heavy atom. The SMILES string of the molecule is CCCCCCCCOC(=O)c1ccsc1C(=O)O. The smallest absolute Gasteiger partial charge is 0.346 e. The van der Waals surface area contributed by atoms with Gasteiger partial charge in [0.15, 0.2) is 0 Å². The van der Waals surface area contributed by atoms with Gasteiger partial charge < -0.3 is 9.84 Å². The molecule has 5 heteroatoms. The van der Waals surface area contributed by atoms with Crippen molar-refractivity contribution in [3.05, 3.63) is 21.9 Å². The summed E-state index contributed by atoms with van der Waals surface area (Å²) in [5, 5.41) is 10.5. The van der Waals surface area contributed by atoms with Crippen LogP contribution in [0, 0.1) is 0 Å². The Kier molecular flexibility index (Phi) is 7.18. The third-order valence-corrected chi connectivity index (χ3v) is 3.71. The van der Waals surface area contributed by atoms with Crippen LogP contribution < -0.4 is 0 Å².